The van der Waals surface area contributed by atoms with Gasteiger partial charge in [0.25, 0.3) is 0 Å². The van der Waals surface area contributed by atoms with Crippen molar-refractivity contribution in [2.24, 2.45) is 11.7 Å². The maximum Gasteiger partial charge on any atom is 0.238 e. The lowest BCUT2D eigenvalue weighted by Gasteiger charge is -2.40. The van der Waals surface area contributed by atoms with Gasteiger partial charge in [-0.1, -0.05) is 17.7 Å². The number of aromatic nitrogens is 4. The van der Waals surface area contributed by atoms with E-state index in [1.807, 2.05) is 17.5 Å². The zero-order valence-electron chi connectivity index (χ0n) is 15.0. The summed E-state index contributed by atoms with van der Waals surface area (Å²) in [6.07, 6.45) is 5.63. The van der Waals surface area contributed by atoms with Gasteiger partial charge in [0.2, 0.25) is 11.9 Å². The molecule has 1 saturated heterocycles. The molecule has 10 heteroatoms. The first-order chi connectivity index (χ1) is 13.6. The predicted octanol–water partition coefficient (Wildman–Crippen LogP) is 1.50. The van der Waals surface area contributed by atoms with Crippen molar-refractivity contribution >= 4 is 34.7 Å². The third kappa shape index (κ3) is 4.01. The Morgan fingerprint density at radius 1 is 1.46 bits per heavy atom. The monoisotopic (exact) mass is 417 g/mol. The van der Waals surface area contributed by atoms with Crippen molar-refractivity contribution in [2.45, 2.75) is 12.5 Å². The molecule has 8 nitrogen and oxygen atoms in total. The van der Waals surface area contributed by atoms with Crippen LogP contribution in [0.25, 0.3) is 5.95 Å². The molecule has 0 saturated carbocycles. The van der Waals surface area contributed by atoms with Crippen molar-refractivity contribution in [2.75, 3.05) is 24.5 Å². The van der Waals surface area contributed by atoms with Crippen LogP contribution in [0.3, 0.4) is 0 Å². The van der Waals surface area contributed by atoms with Gasteiger partial charge in [0.1, 0.15) is 17.3 Å². The maximum absolute atomic E-state index is 12.3. The molecule has 0 bridgehead atoms. The fourth-order valence-electron chi connectivity index (χ4n) is 3.48. The molecule has 3 N–H and O–H groups in total. The Morgan fingerprint density at radius 3 is 3.07 bits per heavy atom. The first kappa shape index (κ1) is 18.9. The number of anilines is 1. The van der Waals surface area contributed by atoms with Crippen molar-refractivity contribution in [1.29, 1.82) is 0 Å². The summed E-state index contributed by atoms with van der Waals surface area (Å²) in [5.41, 5.74) is 5.80. The van der Waals surface area contributed by atoms with Gasteiger partial charge in [0.15, 0.2) is 0 Å². The molecule has 4 heterocycles. The molecule has 1 aliphatic heterocycles. The van der Waals surface area contributed by atoms with Crippen LogP contribution in [-0.4, -0.2) is 51.1 Å². The van der Waals surface area contributed by atoms with Crippen molar-refractivity contribution in [3.05, 3.63) is 52.3 Å². The predicted molar refractivity (Wildman–Crippen MR) is 109 cm³/mol. The summed E-state index contributed by atoms with van der Waals surface area (Å²) >= 11 is 7.90. The normalized spacial score (nSPS) is 18.2. The van der Waals surface area contributed by atoms with E-state index in [9.17, 15) is 4.79 Å². The van der Waals surface area contributed by atoms with Crippen LogP contribution in [0, 0.1) is 5.92 Å². The minimum atomic E-state index is -0.350. The fraction of sp³-hybridized carbons (Fsp3) is 0.333. The molecule has 0 spiro atoms. The zero-order chi connectivity index (χ0) is 19.5. The van der Waals surface area contributed by atoms with Crippen molar-refractivity contribution < 1.29 is 4.79 Å². The Morgan fingerprint density at radius 2 is 2.36 bits per heavy atom. The summed E-state index contributed by atoms with van der Waals surface area (Å²) in [5, 5.41) is 5.71. The second kappa shape index (κ2) is 8.26. The highest BCUT2D eigenvalue weighted by atomic mass is 35.5. The van der Waals surface area contributed by atoms with E-state index in [1.54, 1.807) is 40.7 Å². The van der Waals surface area contributed by atoms with Crippen LogP contribution in [0.2, 0.25) is 5.15 Å². The fourth-order valence-corrected chi connectivity index (χ4v) is 4.41. The quantitative estimate of drug-likeness (QED) is 0.589. The van der Waals surface area contributed by atoms with Crippen LogP contribution >= 0.6 is 22.9 Å². The SMILES string of the molecule is NC(=O)C(Cc1cccs1)C1CNCCN1c1cc(Cl)nc(-n2ccnc2)n1. The van der Waals surface area contributed by atoms with Crippen LogP contribution in [0.4, 0.5) is 5.82 Å². The summed E-state index contributed by atoms with van der Waals surface area (Å²) in [5.74, 6) is 0.442. The number of hydrogen-bond donors (Lipinski definition) is 2. The van der Waals surface area contributed by atoms with Gasteiger partial charge in [-0.05, 0) is 17.9 Å². The highest BCUT2D eigenvalue weighted by Gasteiger charge is 2.35. The second-order valence-electron chi connectivity index (χ2n) is 6.58. The van der Waals surface area contributed by atoms with Crippen molar-refractivity contribution in [3.63, 3.8) is 0 Å². The van der Waals surface area contributed by atoms with Gasteiger partial charge in [0, 0.05) is 43.0 Å². The van der Waals surface area contributed by atoms with E-state index in [1.165, 1.54) is 0 Å². The van der Waals surface area contributed by atoms with Gasteiger partial charge in [-0.3, -0.25) is 9.36 Å². The maximum atomic E-state index is 12.3. The summed E-state index contributed by atoms with van der Waals surface area (Å²) < 4.78 is 1.70. The average molecular weight is 418 g/mol. The van der Waals surface area contributed by atoms with E-state index in [-0.39, 0.29) is 17.9 Å². The van der Waals surface area contributed by atoms with Crippen LogP contribution in [0.15, 0.2) is 42.3 Å². The third-order valence-corrected chi connectivity index (χ3v) is 5.91. The molecule has 2 unspecified atom stereocenters. The molecule has 1 amide bonds. The number of hydrogen-bond acceptors (Lipinski definition) is 7. The Bertz CT molecular complexity index is 932. The molecule has 1 fully saturated rings. The van der Waals surface area contributed by atoms with Crippen LogP contribution in [0.1, 0.15) is 4.88 Å². The summed E-state index contributed by atoms with van der Waals surface area (Å²) in [7, 11) is 0. The number of nitrogens with zero attached hydrogens (tertiary/aromatic N) is 5. The highest BCUT2D eigenvalue weighted by Crippen LogP contribution is 2.27. The molecule has 2 atom stereocenters. The number of primary amides is 1. The number of halogens is 1. The standard InChI is InChI=1S/C18H20ClN7OS/c19-15-9-16(24-18(23-15)25-5-3-22-11-25)26-6-4-21-10-14(26)13(17(20)27)8-12-2-1-7-28-12/h1-3,5,7,9,11,13-14,21H,4,6,8,10H2,(H2,20,27). The van der Waals surface area contributed by atoms with Gasteiger partial charge in [-0.25, -0.2) is 9.97 Å². The molecule has 0 aliphatic carbocycles. The lowest BCUT2D eigenvalue weighted by molar-refractivity contribution is -0.122. The van der Waals surface area contributed by atoms with E-state index < -0.39 is 0 Å². The van der Waals surface area contributed by atoms with Crippen LogP contribution in [-0.2, 0) is 11.2 Å². The van der Waals surface area contributed by atoms with E-state index in [0.717, 1.165) is 11.4 Å². The Hall–Kier alpha value is -2.49. The highest BCUT2D eigenvalue weighted by molar-refractivity contribution is 7.09. The summed E-state index contributed by atoms with van der Waals surface area (Å²) in [4.78, 5) is 28.5. The van der Waals surface area contributed by atoms with Crippen molar-refractivity contribution in [1.82, 2.24) is 24.8 Å². The number of carbonyl (C=O) groups is 1. The molecule has 3 aromatic rings. The number of nitrogens with two attached hydrogens (primary N) is 1. The molecule has 0 aromatic carbocycles. The Balaban J connectivity index is 1.67. The second-order valence-corrected chi connectivity index (χ2v) is 8.00. The number of amides is 1. The summed E-state index contributed by atoms with van der Waals surface area (Å²) in [6, 6.07) is 5.61. The lowest BCUT2D eigenvalue weighted by atomic mass is 9.91. The van der Waals surface area contributed by atoms with Gasteiger partial charge in [0.05, 0.1) is 12.0 Å². The van der Waals surface area contributed by atoms with Crippen LogP contribution < -0.4 is 16.0 Å². The molecular weight excluding hydrogens is 398 g/mol. The number of nitrogens with one attached hydrogen (secondary N) is 1. The molecule has 146 valence electrons. The molecule has 1 aliphatic rings. The smallest absolute Gasteiger partial charge is 0.238 e. The zero-order valence-corrected chi connectivity index (χ0v) is 16.6. The summed E-state index contributed by atoms with van der Waals surface area (Å²) in [6.45, 7) is 2.11. The third-order valence-electron chi connectivity index (χ3n) is 4.81. The number of imidazole rings is 1. The number of carbonyl (C=O) groups excluding carboxylic acids is 1. The minimum Gasteiger partial charge on any atom is -0.369 e. The number of thiophene rings is 1. The molecule has 4 rings (SSSR count). The van der Waals surface area contributed by atoms with E-state index >= 15 is 0 Å². The Labute approximate surface area is 171 Å². The van der Waals surface area contributed by atoms with E-state index in [2.05, 4.69) is 25.2 Å². The van der Waals surface area contributed by atoms with E-state index in [4.69, 9.17) is 17.3 Å². The molecule has 0 radical (unpaired) electrons. The average Bonchev–Trinajstić information content (AvgIpc) is 3.39. The molecule has 3 aromatic heterocycles. The first-order valence-corrected chi connectivity index (χ1v) is 10.2. The van der Waals surface area contributed by atoms with Gasteiger partial charge < -0.3 is 16.0 Å². The Kier molecular flexibility index (Phi) is 5.56. The van der Waals surface area contributed by atoms with Crippen LogP contribution in [0.5, 0.6) is 0 Å². The lowest BCUT2D eigenvalue weighted by Crippen LogP contribution is -2.57. The van der Waals surface area contributed by atoms with E-state index in [0.29, 0.717) is 36.4 Å². The van der Waals surface area contributed by atoms with Crippen molar-refractivity contribution in [3.8, 4) is 5.95 Å². The van der Waals surface area contributed by atoms with Gasteiger partial charge in [-0.15, -0.1) is 11.3 Å². The molecular formula is C18H20ClN7OS. The topological polar surface area (TPSA) is 102 Å². The van der Waals surface area contributed by atoms with Gasteiger partial charge in [-0.2, -0.15) is 4.98 Å². The van der Waals surface area contributed by atoms with Gasteiger partial charge >= 0.3 is 0 Å². The largest absolute Gasteiger partial charge is 0.369 e. The first-order valence-electron chi connectivity index (χ1n) is 8.94. The number of rotatable bonds is 6. The number of piperazine rings is 1. The molecule has 28 heavy (non-hydrogen) atoms. The minimum absolute atomic E-state index is 0.130.